The fraction of sp³-hybridized carbons (Fsp3) is 0.214. The Balaban J connectivity index is 1.60. The minimum Gasteiger partial charge on any atom is -0.339 e. The van der Waals surface area contributed by atoms with E-state index in [0.29, 0.717) is 6.54 Å². The highest BCUT2D eigenvalue weighted by Crippen LogP contribution is 2.14. The molecule has 120 valence electrons. The van der Waals surface area contributed by atoms with E-state index in [2.05, 4.69) is 19.8 Å². The first-order valence-electron chi connectivity index (χ1n) is 6.96. The molecule has 1 N–H and O–H groups in total. The van der Waals surface area contributed by atoms with Gasteiger partial charge in [0.25, 0.3) is 10.0 Å². The molecule has 0 radical (unpaired) electrons. The Morgan fingerprint density at radius 3 is 2.70 bits per heavy atom. The number of hydrogen-bond donors (Lipinski definition) is 1. The highest BCUT2D eigenvalue weighted by atomic mass is 32.2. The molecule has 0 aliphatic heterocycles. The zero-order valence-corrected chi connectivity index (χ0v) is 13.3. The molecule has 0 amide bonds. The lowest BCUT2D eigenvalue weighted by Gasteiger charge is -2.04. The Morgan fingerprint density at radius 2 is 2.00 bits per heavy atom. The molecular formula is C14H16N6O2S. The molecule has 0 bridgehead atoms. The average molecular weight is 332 g/mol. The fourth-order valence-electron chi connectivity index (χ4n) is 2.06. The van der Waals surface area contributed by atoms with Crippen LogP contribution in [0.25, 0.3) is 11.3 Å². The third-order valence-electron chi connectivity index (χ3n) is 3.21. The number of rotatable bonds is 6. The summed E-state index contributed by atoms with van der Waals surface area (Å²) in [4.78, 5) is 7.81. The van der Waals surface area contributed by atoms with Crippen LogP contribution < -0.4 is 4.72 Å². The van der Waals surface area contributed by atoms with Crippen molar-refractivity contribution >= 4 is 10.0 Å². The van der Waals surface area contributed by atoms with Crippen molar-refractivity contribution in [3.63, 3.8) is 0 Å². The summed E-state index contributed by atoms with van der Waals surface area (Å²) in [6.07, 6.45) is 8.12. The third-order valence-corrected chi connectivity index (χ3v) is 4.55. The standard InChI is InChI=1S/C14H16N6O2S/c1-19-10-14(16-11-19)23(21,22)17-7-9-20-8-4-13(18-20)12-2-5-15-6-3-12/h2-6,8,10-11,17H,7,9H2,1H3. The maximum atomic E-state index is 12.0. The molecule has 0 aliphatic carbocycles. The first-order valence-corrected chi connectivity index (χ1v) is 8.44. The van der Waals surface area contributed by atoms with Crippen LogP contribution in [0.3, 0.4) is 0 Å². The van der Waals surface area contributed by atoms with Gasteiger partial charge in [0, 0.05) is 43.9 Å². The van der Waals surface area contributed by atoms with E-state index in [9.17, 15) is 8.42 Å². The molecule has 23 heavy (non-hydrogen) atoms. The third kappa shape index (κ3) is 3.63. The second-order valence-electron chi connectivity index (χ2n) is 4.98. The predicted octanol–water partition coefficient (Wildman–Crippen LogP) is 0.657. The lowest BCUT2D eigenvalue weighted by atomic mass is 10.2. The van der Waals surface area contributed by atoms with Gasteiger partial charge in [0.05, 0.1) is 18.6 Å². The summed E-state index contributed by atoms with van der Waals surface area (Å²) in [6, 6.07) is 5.62. The zero-order valence-electron chi connectivity index (χ0n) is 12.5. The van der Waals surface area contributed by atoms with E-state index in [0.717, 1.165) is 11.3 Å². The van der Waals surface area contributed by atoms with Crippen LogP contribution in [0.5, 0.6) is 0 Å². The Labute approximate surface area is 133 Å². The predicted molar refractivity (Wildman–Crippen MR) is 83.9 cm³/mol. The van der Waals surface area contributed by atoms with E-state index in [-0.39, 0.29) is 11.6 Å². The van der Waals surface area contributed by atoms with Crippen LogP contribution >= 0.6 is 0 Å². The average Bonchev–Trinajstić information content (AvgIpc) is 3.17. The van der Waals surface area contributed by atoms with Gasteiger partial charge in [0.1, 0.15) is 0 Å². The highest BCUT2D eigenvalue weighted by molar-refractivity contribution is 7.89. The van der Waals surface area contributed by atoms with Gasteiger partial charge in [0.15, 0.2) is 5.03 Å². The number of imidazole rings is 1. The van der Waals surface area contributed by atoms with E-state index < -0.39 is 10.0 Å². The van der Waals surface area contributed by atoms with Crippen LogP contribution in [0.1, 0.15) is 0 Å². The van der Waals surface area contributed by atoms with Crippen LogP contribution in [0.2, 0.25) is 0 Å². The summed E-state index contributed by atoms with van der Waals surface area (Å²) in [7, 11) is -1.87. The second-order valence-corrected chi connectivity index (χ2v) is 6.69. The molecule has 0 aliphatic rings. The highest BCUT2D eigenvalue weighted by Gasteiger charge is 2.16. The SMILES string of the molecule is Cn1cnc(S(=O)(=O)NCCn2ccc(-c3ccncc3)n2)c1. The molecule has 0 unspecified atom stereocenters. The van der Waals surface area contributed by atoms with Crippen molar-refractivity contribution in [1.29, 1.82) is 0 Å². The van der Waals surface area contributed by atoms with Crippen molar-refractivity contribution in [2.45, 2.75) is 11.6 Å². The van der Waals surface area contributed by atoms with E-state index >= 15 is 0 Å². The fourth-order valence-corrected chi connectivity index (χ4v) is 3.06. The van der Waals surface area contributed by atoms with Crippen LogP contribution in [-0.4, -0.2) is 39.3 Å². The number of nitrogens with one attached hydrogen (secondary N) is 1. The number of hydrogen-bond acceptors (Lipinski definition) is 5. The summed E-state index contributed by atoms with van der Waals surface area (Å²) >= 11 is 0. The van der Waals surface area contributed by atoms with Gasteiger partial charge in [-0.25, -0.2) is 18.1 Å². The van der Waals surface area contributed by atoms with Gasteiger partial charge in [-0.3, -0.25) is 9.67 Å². The van der Waals surface area contributed by atoms with Crippen molar-refractivity contribution in [3.05, 3.63) is 49.3 Å². The monoisotopic (exact) mass is 332 g/mol. The molecule has 3 heterocycles. The summed E-state index contributed by atoms with van der Waals surface area (Å²) < 4.78 is 29.9. The minimum atomic E-state index is -3.59. The van der Waals surface area contributed by atoms with Crippen molar-refractivity contribution in [1.82, 2.24) is 29.0 Å². The maximum Gasteiger partial charge on any atom is 0.259 e. The van der Waals surface area contributed by atoms with E-state index in [1.54, 1.807) is 28.7 Å². The summed E-state index contributed by atoms with van der Waals surface area (Å²) in [6.45, 7) is 0.660. The molecular weight excluding hydrogens is 316 g/mol. The van der Waals surface area contributed by atoms with Gasteiger partial charge in [-0.2, -0.15) is 5.10 Å². The molecule has 0 atom stereocenters. The second kappa shape index (κ2) is 6.31. The molecule has 0 saturated heterocycles. The Hall–Kier alpha value is -2.52. The number of aromatic nitrogens is 5. The lowest BCUT2D eigenvalue weighted by molar-refractivity contribution is 0.559. The van der Waals surface area contributed by atoms with Crippen LogP contribution in [0, 0.1) is 0 Å². The van der Waals surface area contributed by atoms with Crippen molar-refractivity contribution in [3.8, 4) is 11.3 Å². The quantitative estimate of drug-likeness (QED) is 0.715. The zero-order chi connectivity index (χ0) is 16.3. The first-order chi connectivity index (χ1) is 11.0. The van der Waals surface area contributed by atoms with Crippen molar-refractivity contribution in [2.24, 2.45) is 7.05 Å². The smallest absolute Gasteiger partial charge is 0.259 e. The molecule has 9 heteroatoms. The number of sulfonamides is 1. The van der Waals surface area contributed by atoms with E-state index in [1.807, 2.05) is 24.4 Å². The molecule has 0 spiro atoms. The van der Waals surface area contributed by atoms with Crippen LogP contribution in [0.4, 0.5) is 0 Å². The Morgan fingerprint density at radius 1 is 1.22 bits per heavy atom. The van der Waals surface area contributed by atoms with E-state index in [1.165, 1.54) is 12.5 Å². The first kappa shape index (κ1) is 15.4. The van der Waals surface area contributed by atoms with Crippen molar-refractivity contribution < 1.29 is 8.42 Å². The van der Waals surface area contributed by atoms with Crippen LogP contribution in [0.15, 0.2) is 54.3 Å². The molecule has 3 aromatic heterocycles. The van der Waals surface area contributed by atoms with Gasteiger partial charge in [-0.1, -0.05) is 0 Å². The lowest BCUT2D eigenvalue weighted by Crippen LogP contribution is -2.27. The number of pyridine rings is 1. The summed E-state index contributed by atoms with van der Waals surface area (Å²) in [5.41, 5.74) is 1.78. The summed E-state index contributed by atoms with van der Waals surface area (Å²) in [5.74, 6) is 0. The van der Waals surface area contributed by atoms with Gasteiger partial charge in [0.2, 0.25) is 0 Å². The van der Waals surface area contributed by atoms with Gasteiger partial charge in [-0.05, 0) is 18.2 Å². The maximum absolute atomic E-state index is 12.0. The van der Waals surface area contributed by atoms with Crippen molar-refractivity contribution in [2.75, 3.05) is 6.54 Å². The molecule has 3 aromatic rings. The Bertz CT molecular complexity index is 885. The van der Waals surface area contributed by atoms with Gasteiger partial charge in [-0.15, -0.1) is 0 Å². The Kier molecular flexibility index (Phi) is 4.22. The molecule has 0 fully saturated rings. The summed E-state index contributed by atoms with van der Waals surface area (Å²) in [5, 5.41) is 4.42. The number of nitrogens with zero attached hydrogens (tertiary/aromatic N) is 5. The number of aryl methyl sites for hydroxylation is 1. The topological polar surface area (TPSA) is 94.7 Å². The largest absolute Gasteiger partial charge is 0.339 e. The molecule has 3 rings (SSSR count). The van der Waals surface area contributed by atoms with Crippen LogP contribution in [-0.2, 0) is 23.6 Å². The van der Waals surface area contributed by atoms with E-state index in [4.69, 9.17) is 0 Å². The van der Waals surface area contributed by atoms with Gasteiger partial charge < -0.3 is 4.57 Å². The normalized spacial score (nSPS) is 11.7. The minimum absolute atomic E-state index is 0.0120. The molecule has 0 saturated carbocycles. The molecule has 0 aromatic carbocycles. The van der Waals surface area contributed by atoms with Gasteiger partial charge >= 0.3 is 0 Å². The molecule has 8 nitrogen and oxygen atoms in total.